The molecule has 0 aliphatic rings. The Bertz CT molecular complexity index is 579. The molecule has 0 fully saturated rings. The molecular weight excluding hydrogens is 339 g/mol. The number of aryl methyl sites for hydroxylation is 2. The van der Waals surface area contributed by atoms with Crippen molar-refractivity contribution >= 4 is 34.2 Å². The summed E-state index contributed by atoms with van der Waals surface area (Å²) in [4.78, 5) is 16.4. The molecule has 18 heavy (non-hydrogen) atoms. The first-order valence-corrected chi connectivity index (χ1v) is 6.65. The molecule has 1 aromatic carbocycles. The van der Waals surface area contributed by atoms with Crippen LogP contribution in [-0.2, 0) is 0 Å². The van der Waals surface area contributed by atoms with E-state index in [4.69, 9.17) is 0 Å². The van der Waals surface area contributed by atoms with Crippen molar-refractivity contribution in [1.29, 1.82) is 0 Å². The van der Waals surface area contributed by atoms with Crippen LogP contribution in [-0.4, -0.2) is 10.9 Å². The lowest BCUT2D eigenvalue weighted by Crippen LogP contribution is -2.14. The molecule has 0 spiro atoms. The zero-order valence-electron chi connectivity index (χ0n) is 10.2. The van der Waals surface area contributed by atoms with Crippen molar-refractivity contribution < 1.29 is 4.79 Å². The predicted molar refractivity (Wildman–Crippen MR) is 80.8 cm³/mol. The Morgan fingerprint density at radius 1 is 1.11 bits per heavy atom. The van der Waals surface area contributed by atoms with E-state index in [-0.39, 0.29) is 5.91 Å². The average Bonchev–Trinajstić information content (AvgIpc) is 2.32. The van der Waals surface area contributed by atoms with Gasteiger partial charge in [-0.1, -0.05) is 0 Å². The van der Waals surface area contributed by atoms with E-state index in [0.29, 0.717) is 5.56 Å². The van der Waals surface area contributed by atoms with Gasteiger partial charge in [-0.2, -0.15) is 0 Å². The van der Waals surface area contributed by atoms with Gasteiger partial charge in [0, 0.05) is 15.0 Å². The molecular formula is C14H13IN2O. The summed E-state index contributed by atoms with van der Waals surface area (Å²) >= 11 is 2.23. The fourth-order valence-electron chi connectivity index (χ4n) is 1.66. The number of benzene rings is 1. The summed E-state index contributed by atoms with van der Waals surface area (Å²) in [5.41, 5.74) is 3.07. The molecule has 0 unspecified atom stereocenters. The number of carbonyl (C=O) groups excluding carboxylic acids is 1. The van der Waals surface area contributed by atoms with E-state index in [1.54, 1.807) is 6.07 Å². The molecule has 1 heterocycles. The fraction of sp³-hybridized carbons (Fsp3) is 0.143. The van der Waals surface area contributed by atoms with Crippen LogP contribution in [0.1, 0.15) is 21.7 Å². The van der Waals surface area contributed by atoms with Gasteiger partial charge in [-0.3, -0.25) is 9.78 Å². The maximum atomic E-state index is 12.1. The summed E-state index contributed by atoms with van der Waals surface area (Å²) in [6.45, 7) is 3.75. The summed E-state index contributed by atoms with van der Waals surface area (Å²) in [6, 6.07) is 11.3. The maximum Gasteiger partial charge on any atom is 0.257 e. The van der Waals surface area contributed by atoms with Crippen molar-refractivity contribution in [2.75, 3.05) is 5.32 Å². The van der Waals surface area contributed by atoms with E-state index >= 15 is 0 Å². The molecule has 1 aromatic heterocycles. The number of pyridine rings is 1. The van der Waals surface area contributed by atoms with Crippen LogP contribution in [0, 0.1) is 17.4 Å². The molecule has 0 radical (unpaired) electrons. The highest BCUT2D eigenvalue weighted by Gasteiger charge is 2.10. The summed E-state index contributed by atoms with van der Waals surface area (Å²) in [6.07, 6.45) is 0. The van der Waals surface area contributed by atoms with E-state index in [1.165, 1.54) is 0 Å². The Kier molecular flexibility index (Phi) is 3.96. The molecule has 0 saturated carbocycles. The molecule has 0 bridgehead atoms. The molecule has 0 atom stereocenters. The van der Waals surface area contributed by atoms with Gasteiger partial charge in [0.1, 0.15) is 0 Å². The van der Waals surface area contributed by atoms with Crippen molar-refractivity contribution in [2.45, 2.75) is 13.8 Å². The Morgan fingerprint density at radius 3 is 2.39 bits per heavy atom. The van der Waals surface area contributed by atoms with Gasteiger partial charge in [-0.05, 0) is 72.8 Å². The third-order valence-electron chi connectivity index (χ3n) is 2.57. The van der Waals surface area contributed by atoms with Crippen LogP contribution in [0.3, 0.4) is 0 Å². The van der Waals surface area contributed by atoms with Crippen molar-refractivity contribution in [1.82, 2.24) is 4.98 Å². The lowest BCUT2D eigenvalue weighted by Gasteiger charge is -2.07. The largest absolute Gasteiger partial charge is 0.322 e. The number of rotatable bonds is 2. The Hall–Kier alpha value is -1.43. The van der Waals surface area contributed by atoms with Crippen LogP contribution in [0.15, 0.2) is 36.4 Å². The number of carbonyl (C=O) groups is 1. The number of nitrogens with one attached hydrogen (secondary N) is 1. The number of amides is 1. The van der Waals surface area contributed by atoms with E-state index in [1.807, 2.05) is 44.2 Å². The van der Waals surface area contributed by atoms with Crippen LogP contribution < -0.4 is 5.32 Å². The normalized spacial score (nSPS) is 10.2. The molecule has 1 amide bonds. The molecule has 2 aromatic rings. The monoisotopic (exact) mass is 352 g/mol. The van der Waals surface area contributed by atoms with Gasteiger partial charge < -0.3 is 5.32 Å². The second-order valence-corrected chi connectivity index (χ2v) is 5.29. The van der Waals surface area contributed by atoms with E-state index in [2.05, 4.69) is 32.9 Å². The second-order valence-electron chi connectivity index (χ2n) is 4.05. The van der Waals surface area contributed by atoms with Crippen LogP contribution in [0.2, 0.25) is 0 Å². The summed E-state index contributed by atoms with van der Waals surface area (Å²) in [5, 5.41) is 2.86. The van der Waals surface area contributed by atoms with Gasteiger partial charge in [-0.25, -0.2) is 0 Å². The zero-order valence-corrected chi connectivity index (χ0v) is 12.4. The fourth-order valence-corrected chi connectivity index (χ4v) is 2.02. The lowest BCUT2D eigenvalue weighted by molar-refractivity contribution is 0.102. The quantitative estimate of drug-likeness (QED) is 0.840. The third kappa shape index (κ3) is 3.07. The smallest absolute Gasteiger partial charge is 0.257 e. The molecule has 0 aliphatic carbocycles. The zero-order chi connectivity index (χ0) is 13.1. The predicted octanol–water partition coefficient (Wildman–Crippen LogP) is 3.56. The molecule has 92 valence electrons. The summed E-state index contributed by atoms with van der Waals surface area (Å²) < 4.78 is 1.14. The molecule has 1 N–H and O–H groups in total. The highest BCUT2D eigenvalue weighted by molar-refractivity contribution is 14.1. The number of hydrogen-bond donors (Lipinski definition) is 1. The third-order valence-corrected chi connectivity index (χ3v) is 3.29. The molecule has 0 saturated heterocycles. The number of anilines is 1. The average molecular weight is 352 g/mol. The maximum absolute atomic E-state index is 12.1. The number of nitrogens with zero attached hydrogens (tertiary/aromatic N) is 1. The van der Waals surface area contributed by atoms with Gasteiger partial charge in [-0.15, -0.1) is 0 Å². The molecule has 4 heteroatoms. The van der Waals surface area contributed by atoms with E-state index < -0.39 is 0 Å². The highest BCUT2D eigenvalue weighted by atomic mass is 127. The first-order chi connectivity index (χ1) is 8.56. The van der Waals surface area contributed by atoms with Crippen molar-refractivity contribution in [3.05, 3.63) is 56.9 Å². The minimum atomic E-state index is -0.124. The van der Waals surface area contributed by atoms with Crippen LogP contribution >= 0.6 is 22.6 Å². The summed E-state index contributed by atoms with van der Waals surface area (Å²) in [7, 11) is 0. The van der Waals surface area contributed by atoms with Crippen LogP contribution in [0.5, 0.6) is 0 Å². The first kappa shape index (κ1) is 13.0. The number of aromatic nitrogens is 1. The second kappa shape index (κ2) is 5.48. The van der Waals surface area contributed by atoms with Gasteiger partial charge in [0.2, 0.25) is 0 Å². The van der Waals surface area contributed by atoms with Gasteiger partial charge in [0.15, 0.2) is 0 Å². The first-order valence-electron chi connectivity index (χ1n) is 5.57. The number of hydrogen-bond acceptors (Lipinski definition) is 2. The Labute approximate surface area is 120 Å². The highest BCUT2D eigenvalue weighted by Crippen LogP contribution is 2.14. The minimum absolute atomic E-state index is 0.124. The SMILES string of the molecule is Cc1ccc(C(=O)Nc2ccc(I)cc2)c(C)n1. The lowest BCUT2D eigenvalue weighted by atomic mass is 10.1. The van der Waals surface area contributed by atoms with Crippen molar-refractivity contribution in [3.8, 4) is 0 Å². The number of halogens is 1. The van der Waals surface area contributed by atoms with Gasteiger partial charge in [0.05, 0.1) is 11.3 Å². The minimum Gasteiger partial charge on any atom is -0.322 e. The van der Waals surface area contributed by atoms with Crippen LogP contribution in [0.4, 0.5) is 5.69 Å². The van der Waals surface area contributed by atoms with Crippen molar-refractivity contribution in [3.63, 3.8) is 0 Å². The van der Waals surface area contributed by atoms with Gasteiger partial charge >= 0.3 is 0 Å². The molecule has 0 aliphatic heterocycles. The van der Waals surface area contributed by atoms with Crippen molar-refractivity contribution in [2.24, 2.45) is 0 Å². The van der Waals surface area contributed by atoms with E-state index in [9.17, 15) is 4.79 Å². The summed E-state index contributed by atoms with van der Waals surface area (Å²) in [5.74, 6) is -0.124. The van der Waals surface area contributed by atoms with Crippen LogP contribution in [0.25, 0.3) is 0 Å². The standard InChI is InChI=1S/C14H13IN2O/c1-9-3-8-13(10(2)16-9)14(18)17-12-6-4-11(15)5-7-12/h3-8H,1-2H3,(H,17,18). The van der Waals surface area contributed by atoms with Gasteiger partial charge in [0.25, 0.3) is 5.91 Å². The Balaban J connectivity index is 2.19. The Morgan fingerprint density at radius 2 is 1.78 bits per heavy atom. The topological polar surface area (TPSA) is 42.0 Å². The molecule has 2 rings (SSSR count). The molecule has 3 nitrogen and oxygen atoms in total. The van der Waals surface area contributed by atoms with E-state index in [0.717, 1.165) is 20.6 Å².